The van der Waals surface area contributed by atoms with Gasteiger partial charge in [0.25, 0.3) is 0 Å². The number of aliphatic carboxylic acids is 5. The van der Waals surface area contributed by atoms with Gasteiger partial charge >= 0.3 is 29.8 Å². The Hall–Kier alpha value is -3.91. The molecular weight excluding hydrogens is 823 g/mol. The summed E-state index contributed by atoms with van der Waals surface area (Å²) in [4.78, 5) is 85.5. The summed E-state index contributed by atoms with van der Waals surface area (Å²) in [6, 6.07) is -1.14. The van der Waals surface area contributed by atoms with E-state index in [9.17, 15) is 64.2 Å². The van der Waals surface area contributed by atoms with Gasteiger partial charge < -0.3 is 51.7 Å². The first-order chi connectivity index (χ1) is 29.7. The van der Waals surface area contributed by atoms with E-state index in [1.165, 1.54) is 0 Å². The lowest BCUT2D eigenvalue weighted by molar-refractivity contribution is -0.202. The Morgan fingerprint density at radius 1 is 0.714 bits per heavy atom. The molecule has 4 rings (SSSR count). The van der Waals surface area contributed by atoms with Crippen LogP contribution in [0.15, 0.2) is 0 Å². The van der Waals surface area contributed by atoms with E-state index < -0.39 is 61.2 Å². The second kappa shape index (κ2) is 23.3. The second-order valence-electron chi connectivity index (χ2n) is 19.4. The van der Waals surface area contributed by atoms with Gasteiger partial charge in [-0.1, -0.05) is 20.8 Å². The third-order valence-electron chi connectivity index (χ3n) is 15.5. The number of hydrogen-bond donors (Lipinski definition) is 10. The molecule has 358 valence electrons. The minimum absolute atomic E-state index is 0.0111. The van der Waals surface area contributed by atoms with Crippen LogP contribution in [0.2, 0.25) is 0 Å². The Bertz CT molecular complexity index is 1600. The summed E-state index contributed by atoms with van der Waals surface area (Å²) in [7, 11) is 0. The zero-order valence-electron chi connectivity index (χ0n) is 37.2. The highest BCUT2D eigenvalue weighted by molar-refractivity contribution is 5.83. The molecule has 0 aromatic carbocycles. The number of aliphatic hydroxyl groups is 2. The highest BCUT2D eigenvalue weighted by Gasteiger charge is 2.65. The van der Waals surface area contributed by atoms with Crippen molar-refractivity contribution in [1.29, 1.82) is 0 Å². The number of nitrogens with zero attached hydrogens (tertiary/aromatic N) is 2. The van der Waals surface area contributed by atoms with Crippen LogP contribution >= 0.6 is 0 Å². The molecule has 0 heterocycles. The molecule has 4 aliphatic carbocycles. The molecule has 0 aromatic rings. The Morgan fingerprint density at radius 3 is 2.03 bits per heavy atom. The molecule has 19 nitrogen and oxygen atoms in total. The average molecular weight is 896 g/mol. The second-order valence-corrected chi connectivity index (χ2v) is 19.4. The summed E-state index contributed by atoms with van der Waals surface area (Å²) in [6.07, 6.45) is 5.92. The zero-order chi connectivity index (χ0) is 46.6. The van der Waals surface area contributed by atoms with E-state index in [0.717, 1.165) is 30.6 Å². The van der Waals surface area contributed by atoms with Crippen LogP contribution in [0.5, 0.6) is 0 Å². The number of carboxylic acids is 5. The molecule has 19 heteroatoms. The number of carboxylic acid groups (broad SMARTS) is 5. The highest BCUT2D eigenvalue weighted by atomic mass is 16.4. The lowest BCUT2D eigenvalue weighted by Gasteiger charge is -2.63. The largest absolute Gasteiger partial charge is 0.481 e. The van der Waals surface area contributed by atoms with Gasteiger partial charge in [0.2, 0.25) is 11.8 Å². The summed E-state index contributed by atoms with van der Waals surface area (Å²) in [5.41, 5.74) is -0.479. The quantitative estimate of drug-likeness (QED) is 0.0523. The number of rotatable bonds is 27. The van der Waals surface area contributed by atoms with E-state index in [-0.39, 0.29) is 129 Å². The van der Waals surface area contributed by atoms with Gasteiger partial charge in [0.15, 0.2) is 0 Å². The van der Waals surface area contributed by atoms with E-state index in [1.807, 2.05) is 0 Å². The van der Waals surface area contributed by atoms with Crippen LogP contribution < -0.4 is 16.0 Å². The smallest absolute Gasteiger partial charge is 0.320 e. The number of aliphatic hydroxyl groups excluding tert-OH is 2. The van der Waals surface area contributed by atoms with Crippen LogP contribution in [0.3, 0.4) is 0 Å². The number of carbonyl (C=O) groups excluding carboxylic acids is 2. The molecule has 2 amide bonds. The van der Waals surface area contributed by atoms with Gasteiger partial charge in [0.05, 0.1) is 31.8 Å². The van der Waals surface area contributed by atoms with E-state index in [1.54, 1.807) is 4.90 Å². The summed E-state index contributed by atoms with van der Waals surface area (Å²) < 4.78 is 0. The fourth-order valence-electron chi connectivity index (χ4n) is 12.3. The minimum atomic E-state index is -1.24. The Labute approximate surface area is 369 Å². The van der Waals surface area contributed by atoms with Crippen molar-refractivity contribution in [2.45, 2.75) is 135 Å². The van der Waals surface area contributed by atoms with Gasteiger partial charge in [-0.25, -0.2) is 0 Å². The van der Waals surface area contributed by atoms with Crippen LogP contribution in [-0.4, -0.2) is 164 Å². The van der Waals surface area contributed by atoms with Crippen LogP contribution in [0.1, 0.15) is 111 Å². The van der Waals surface area contributed by atoms with E-state index in [0.29, 0.717) is 38.5 Å². The molecule has 12 atom stereocenters. The fraction of sp³-hybridized carbons (Fsp3) is 0.841. The molecule has 4 fully saturated rings. The average Bonchev–Trinajstić information content (AvgIpc) is 3.55. The van der Waals surface area contributed by atoms with Crippen molar-refractivity contribution in [3.63, 3.8) is 0 Å². The highest BCUT2D eigenvalue weighted by Crippen LogP contribution is 2.68. The maximum absolute atomic E-state index is 13.1. The molecule has 0 bridgehead atoms. The Balaban J connectivity index is 1.21. The zero-order valence-corrected chi connectivity index (χ0v) is 37.2. The third-order valence-corrected chi connectivity index (χ3v) is 15.5. The topological polar surface area (TPSA) is 304 Å². The van der Waals surface area contributed by atoms with Crippen molar-refractivity contribution in [3.05, 3.63) is 0 Å². The number of unbranched alkanes of at least 4 members (excludes halogenated alkanes) is 1. The minimum Gasteiger partial charge on any atom is -0.481 e. The number of carbonyl (C=O) groups is 7. The van der Waals surface area contributed by atoms with Crippen LogP contribution in [0.25, 0.3) is 0 Å². The molecule has 0 aromatic heterocycles. The predicted molar refractivity (Wildman–Crippen MR) is 227 cm³/mol. The predicted octanol–water partition coefficient (Wildman–Crippen LogP) is 1.54. The van der Waals surface area contributed by atoms with Crippen molar-refractivity contribution < 1.29 is 69.3 Å². The van der Waals surface area contributed by atoms with E-state index in [4.69, 9.17) is 5.11 Å². The van der Waals surface area contributed by atoms with Crippen molar-refractivity contribution in [2.24, 2.45) is 46.3 Å². The van der Waals surface area contributed by atoms with Crippen LogP contribution in [-0.2, 0) is 33.6 Å². The lowest BCUT2D eigenvalue weighted by Crippen LogP contribution is -2.63. The molecule has 10 N–H and O–H groups in total. The van der Waals surface area contributed by atoms with Gasteiger partial charge in [0, 0.05) is 58.0 Å². The molecule has 63 heavy (non-hydrogen) atoms. The maximum atomic E-state index is 13.1. The van der Waals surface area contributed by atoms with Gasteiger partial charge in [-0.2, -0.15) is 0 Å². The fourth-order valence-corrected chi connectivity index (χ4v) is 12.3. The maximum Gasteiger partial charge on any atom is 0.320 e. The normalized spacial score (nSPS) is 31.0. The van der Waals surface area contributed by atoms with Gasteiger partial charge in [0.1, 0.15) is 6.04 Å². The van der Waals surface area contributed by atoms with Crippen molar-refractivity contribution in [2.75, 3.05) is 52.4 Å². The molecule has 0 saturated heterocycles. The van der Waals surface area contributed by atoms with Crippen molar-refractivity contribution in [3.8, 4) is 0 Å². The molecule has 4 aliphatic rings. The molecule has 4 saturated carbocycles. The first-order valence-electron chi connectivity index (χ1n) is 22.9. The van der Waals surface area contributed by atoms with E-state index in [2.05, 4.69) is 36.7 Å². The van der Waals surface area contributed by atoms with Crippen LogP contribution in [0.4, 0.5) is 0 Å². The Morgan fingerprint density at radius 2 is 1.40 bits per heavy atom. The summed E-state index contributed by atoms with van der Waals surface area (Å²) in [5.74, 6) is -5.23. The molecule has 0 spiro atoms. The monoisotopic (exact) mass is 896 g/mol. The standard InChI is InChI=1S/C44H73N5O14/c1-26(7-12-37(54)55)29-8-9-30-41-31(22-34(51)44(29,30)3)43(2)14-13-28(20-27(43)21-33(41)50)47-36(53)11-10-35(52)46-15-5-4-6-32(42(62)63)49(17-16-45-23-38(56)57)19-18-48(24-39(58)59)25-40(60)61/h26-34,41,45,50-51H,4-25H2,1-3H3,(H,46,52)(H,47,53)(H,54,55)(H,56,57)(H,58,59)(H,60,61)(H,62,63)/t26?,27-,28-,29+,30?,31?,32-,33+,34-,41?,43-,44+/m0/s1. The van der Waals surface area contributed by atoms with Crippen molar-refractivity contribution >= 4 is 41.7 Å². The number of hydrogen-bond acceptors (Lipinski definition) is 12. The first kappa shape index (κ1) is 51.7. The third kappa shape index (κ3) is 13.8. The Kier molecular flexibility index (Phi) is 19.2. The van der Waals surface area contributed by atoms with Gasteiger partial charge in [-0.15, -0.1) is 0 Å². The van der Waals surface area contributed by atoms with Gasteiger partial charge in [-0.05, 0) is 117 Å². The van der Waals surface area contributed by atoms with Crippen LogP contribution in [0, 0.1) is 46.3 Å². The molecule has 0 aliphatic heterocycles. The summed E-state index contributed by atoms with van der Waals surface area (Å²) in [5, 5.41) is 78.9. The summed E-state index contributed by atoms with van der Waals surface area (Å²) >= 11 is 0. The number of fused-ring (bicyclic) bond motifs is 5. The first-order valence-corrected chi connectivity index (χ1v) is 22.9. The van der Waals surface area contributed by atoms with E-state index >= 15 is 0 Å². The van der Waals surface area contributed by atoms with Gasteiger partial charge in [-0.3, -0.25) is 43.4 Å². The molecule has 0 radical (unpaired) electrons. The number of amides is 2. The lowest BCUT2D eigenvalue weighted by atomic mass is 9.43. The SMILES string of the molecule is CC(CCC(=O)O)[C@H]1CCC2C3C(C[C@H](O)[C@@]21C)[C@@]1(C)CC[C@H](NC(=O)CCC(=O)NCCCC[C@@H](C(=O)O)N(CCNCC(=O)O)CCN(CC(=O)O)CC(=O)O)C[C@H]1C[C@H]3O. The molecular formula is C44H73N5O14. The molecule has 4 unspecified atom stereocenters. The van der Waals surface area contributed by atoms with Crippen molar-refractivity contribution in [1.82, 2.24) is 25.8 Å². The summed E-state index contributed by atoms with van der Waals surface area (Å²) in [6.45, 7) is 5.52. The number of nitrogens with one attached hydrogen (secondary N) is 3.